The summed E-state index contributed by atoms with van der Waals surface area (Å²) in [6, 6.07) is 1.97. The lowest BCUT2D eigenvalue weighted by molar-refractivity contribution is 0.0946. The Morgan fingerprint density at radius 2 is 2.15 bits per heavy atom. The minimum Gasteiger partial charge on any atom is -0.397 e. The van der Waals surface area contributed by atoms with E-state index in [-0.39, 0.29) is 18.2 Å². The molecule has 8 heteroatoms. The molecule has 1 aliphatic rings. The van der Waals surface area contributed by atoms with Gasteiger partial charge in [-0.05, 0) is 18.9 Å². The first-order chi connectivity index (χ1) is 9.31. The number of carbonyl (C=O) groups excluding carboxylic acids is 1. The van der Waals surface area contributed by atoms with Crippen molar-refractivity contribution >= 4 is 21.6 Å². The molecular weight excluding hydrogens is 280 g/mol. The summed E-state index contributed by atoms with van der Waals surface area (Å²) in [4.78, 5) is 12.1. The van der Waals surface area contributed by atoms with Crippen molar-refractivity contribution in [2.24, 2.45) is 0 Å². The first-order valence-electron chi connectivity index (χ1n) is 6.47. The molecule has 0 atom stereocenters. The van der Waals surface area contributed by atoms with E-state index in [0.29, 0.717) is 17.4 Å². The van der Waals surface area contributed by atoms with Crippen LogP contribution in [0, 0.1) is 0 Å². The quantitative estimate of drug-likeness (QED) is 0.774. The van der Waals surface area contributed by atoms with Crippen molar-refractivity contribution in [3.63, 3.8) is 0 Å². The molecule has 0 saturated heterocycles. The van der Waals surface area contributed by atoms with Crippen molar-refractivity contribution in [3.05, 3.63) is 18.0 Å². The minimum atomic E-state index is -3.30. The van der Waals surface area contributed by atoms with Gasteiger partial charge in [-0.25, -0.2) is 12.7 Å². The number of nitrogens with two attached hydrogens (primary N) is 1. The molecule has 1 amide bonds. The van der Waals surface area contributed by atoms with E-state index in [1.807, 2.05) is 4.57 Å². The molecule has 0 unspecified atom stereocenters. The molecule has 1 heterocycles. The molecule has 0 bridgehead atoms. The van der Waals surface area contributed by atoms with Crippen molar-refractivity contribution in [1.82, 2.24) is 14.2 Å². The van der Waals surface area contributed by atoms with Crippen LogP contribution in [0.3, 0.4) is 0 Å². The van der Waals surface area contributed by atoms with Gasteiger partial charge in [-0.1, -0.05) is 0 Å². The first kappa shape index (κ1) is 14.9. The Hall–Kier alpha value is -1.54. The second kappa shape index (κ2) is 5.45. The van der Waals surface area contributed by atoms with Crippen LogP contribution >= 0.6 is 0 Å². The Morgan fingerprint density at radius 3 is 2.70 bits per heavy atom. The second-order valence-electron chi connectivity index (χ2n) is 5.15. The number of nitrogens with zero attached hydrogens (tertiary/aromatic N) is 2. The Balaban J connectivity index is 1.96. The average Bonchev–Trinajstić information content (AvgIpc) is 3.11. The Bertz CT molecular complexity index is 602. The third-order valence-electron chi connectivity index (χ3n) is 3.24. The van der Waals surface area contributed by atoms with Crippen LogP contribution in [0.25, 0.3) is 0 Å². The van der Waals surface area contributed by atoms with Gasteiger partial charge >= 0.3 is 0 Å². The number of carbonyl (C=O) groups is 1. The summed E-state index contributed by atoms with van der Waals surface area (Å²) < 4.78 is 26.2. The Kier molecular flexibility index (Phi) is 4.05. The topological polar surface area (TPSA) is 97.4 Å². The van der Waals surface area contributed by atoms with Crippen LogP contribution in [-0.4, -0.2) is 49.6 Å². The fraction of sp³-hybridized carbons (Fsp3) is 0.583. The molecule has 20 heavy (non-hydrogen) atoms. The van der Waals surface area contributed by atoms with Crippen molar-refractivity contribution in [2.45, 2.75) is 18.9 Å². The lowest BCUT2D eigenvalue weighted by atomic mass is 10.3. The average molecular weight is 300 g/mol. The molecular formula is C12H20N4O3S. The number of hydrogen-bond donors (Lipinski definition) is 2. The van der Waals surface area contributed by atoms with E-state index in [1.54, 1.807) is 12.3 Å². The zero-order valence-electron chi connectivity index (χ0n) is 11.7. The highest BCUT2D eigenvalue weighted by molar-refractivity contribution is 7.89. The van der Waals surface area contributed by atoms with Crippen LogP contribution in [0.15, 0.2) is 12.3 Å². The fourth-order valence-corrected chi connectivity index (χ4v) is 2.63. The van der Waals surface area contributed by atoms with Crippen molar-refractivity contribution in [3.8, 4) is 0 Å². The molecule has 7 nitrogen and oxygen atoms in total. The van der Waals surface area contributed by atoms with Gasteiger partial charge in [0, 0.05) is 32.9 Å². The molecule has 0 aromatic carbocycles. The van der Waals surface area contributed by atoms with Gasteiger partial charge < -0.3 is 15.6 Å². The largest absolute Gasteiger partial charge is 0.397 e. The van der Waals surface area contributed by atoms with E-state index >= 15 is 0 Å². The van der Waals surface area contributed by atoms with Gasteiger partial charge in [0.05, 0.1) is 11.4 Å². The Morgan fingerprint density at radius 1 is 1.50 bits per heavy atom. The molecule has 3 N–H and O–H groups in total. The predicted molar refractivity (Wildman–Crippen MR) is 76.9 cm³/mol. The molecule has 1 aromatic rings. The lowest BCUT2D eigenvalue weighted by Gasteiger charge is -2.12. The SMILES string of the molecule is CN(C)S(=O)(=O)CCNC(=O)c1cc(N)cn1C1CC1. The maximum Gasteiger partial charge on any atom is 0.268 e. The summed E-state index contributed by atoms with van der Waals surface area (Å²) in [6.45, 7) is 0.0785. The number of hydrogen-bond acceptors (Lipinski definition) is 4. The number of anilines is 1. The zero-order valence-corrected chi connectivity index (χ0v) is 12.5. The van der Waals surface area contributed by atoms with Gasteiger partial charge in [-0.2, -0.15) is 0 Å². The van der Waals surface area contributed by atoms with Crippen molar-refractivity contribution in [2.75, 3.05) is 32.1 Å². The summed E-state index contributed by atoms with van der Waals surface area (Å²) in [5.74, 6) is -0.409. The van der Waals surface area contributed by atoms with E-state index in [4.69, 9.17) is 5.73 Å². The number of nitrogens with one attached hydrogen (secondary N) is 1. The predicted octanol–water partition coefficient (Wildman–Crippen LogP) is 0.0264. The number of amides is 1. The number of aromatic nitrogens is 1. The zero-order chi connectivity index (χ0) is 14.9. The molecule has 0 aliphatic heterocycles. The molecule has 1 aliphatic carbocycles. The van der Waals surface area contributed by atoms with Crippen LogP contribution < -0.4 is 11.1 Å². The molecule has 112 valence electrons. The van der Waals surface area contributed by atoms with Gasteiger partial charge in [0.15, 0.2) is 0 Å². The van der Waals surface area contributed by atoms with Crippen LogP contribution in [0.5, 0.6) is 0 Å². The van der Waals surface area contributed by atoms with E-state index < -0.39 is 10.0 Å². The van der Waals surface area contributed by atoms with Crippen molar-refractivity contribution in [1.29, 1.82) is 0 Å². The minimum absolute atomic E-state index is 0.0785. The Labute approximate surface area is 118 Å². The second-order valence-corrected chi connectivity index (χ2v) is 7.45. The van der Waals surface area contributed by atoms with Crippen LogP contribution in [0.1, 0.15) is 29.4 Å². The molecule has 1 saturated carbocycles. The highest BCUT2D eigenvalue weighted by Crippen LogP contribution is 2.37. The number of sulfonamides is 1. The number of rotatable bonds is 6. The summed E-state index contributed by atoms with van der Waals surface area (Å²) >= 11 is 0. The lowest BCUT2D eigenvalue weighted by Crippen LogP contribution is -2.34. The van der Waals surface area contributed by atoms with Crippen LogP contribution in [0.4, 0.5) is 5.69 Å². The van der Waals surface area contributed by atoms with Crippen LogP contribution in [0.2, 0.25) is 0 Å². The van der Waals surface area contributed by atoms with Gasteiger partial charge in [-0.15, -0.1) is 0 Å². The van der Waals surface area contributed by atoms with Gasteiger partial charge in [0.1, 0.15) is 5.69 Å². The van der Waals surface area contributed by atoms with Crippen molar-refractivity contribution < 1.29 is 13.2 Å². The van der Waals surface area contributed by atoms with Gasteiger partial charge in [0.25, 0.3) is 5.91 Å². The van der Waals surface area contributed by atoms with E-state index in [1.165, 1.54) is 14.1 Å². The normalized spacial score (nSPS) is 15.6. The van der Waals surface area contributed by atoms with Crippen LogP contribution in [-0.2, 0) is 10.0 Å². The maximum absolute atomic E-state index is 12.1. The van der Waals surface area contributed by atoms with E-state index in [9.17, 15) is 13.2 Å². The summed E-state index contributed by atoms with van der Waals surface area (Å²) in [5.41, 5.74) is 6.75. The molecule has 1 aromatic heterocycles. The number of nitrogen functional groups attached to an aromatic ring is 1. The molecule has 1 fully saturated rings. The summed E-state index contributed by atoms with van der Waals surface area (Å²) in [6.07, 6.45) is 3.84. The smallest absolute Gasteiger partial charge is 0.268 e. The van der Waals surface area contributed by atoms with E-state index in [2.05, 4.69) is 5.32 Å². The summed E-state index contributed by atoms with van der Waals surface area (Å²) in [7, 11) is -0.361. The fourth-order valence-electron chi connectivity index (χ4n) is 1.90. The highest BCUT2D eigenvalue weighted by Gasteiger charge is 2.27. The molecule has 0 radical (unpaired) electrons. The third kappa shape index (κ3) is 3.31. The maximum atomic E-state index is 12.1. The van der Waals surface area contributed by atoms with E-state index in [0.717, 1.165) is 17.1 Å². The monoisotopic (exact) mass is 300 g/mol. The van der Waals surface area contributed by atoms with Gasteiger partial charge in [0.2, 0.25) is 10.0 Å². The summed E-state index contributed by atoms with van der Waals surface area (Å²) in [5, 5.41) is 2.63. The third-order valence-corrected chi connectivity index (χ3v) is 5.08. The highest BCUT2D eigenvalue weighted by atomic mass is 32.2. The molecule has 2 rings (SSSR count). The first-order valence-corrected chi connectivity index (χ1v) is 8.08. The molecule has 0 spiro atoms. The standard InChI is InChI=1S/C12H20N4O3S/c1-15(2)20(18,19)6-5-14-12(17)11-7-9(13)8-16(11)10-3-4-10/h7-8,10H,3-6,13H2,1-2H3,(H,14,17). The van der Waals surface area contributed by atoms with Gasteiger partial charge in [-0.3, -0.25) is 4.79 Å².